The van der Waals surface area contributed by atoms with Crippen molar-refractivity contribution in [3.8, 4) is 0 Å². The molecule has 2 aliphatic heterocycles. The zero-order chi connectivity index (χ0) is 22.8. The molecule has 1 aromatic carbocycles. The Morgan fingerprint density at radius 1 is 1.06 bits per heavy atom. The number of aromatic nitrogens is 1. The van der Waals surface area contributed by atoms with Gasteiger partial charge in [0.1, 0.15) is 6.54 Å². The van der Waals surface area contributed by atoms with E-state index in [-0.39, 0.29) is 28.8 Å². The number of imide groups is 1. The molecular weight excluding hydrogens is 418 g/mol. The minimum absolute atomic E-state index is 0.0472. The van der Waals surface area contributed by atoms with Crippen LogP contribution < -0.4 is 5.32 Å². The molecule has 4 rings (SSSR count). The Labute approximate surface area is 182 Å². The van der Waals surface area contributed by atoms with Gasteiger partial charge in [0.05, 0.1) is 16.1 Å². The minimum atomic E-state index is -0.721. The highest BCUT2D eigenvalue weighted by Crippen LogP contribution is 2.27. The molecule has 11 heteroatoms. The lowest BCUT2D eigenvalue weighted by atomic mass is 10.0. The van der Waals surface area contributed by atoms with Gasteiger partial charge in [0.15, 0.2) is 0 Å². The molecule has 0 atom stereocenters. The first kappa shape index (κ1) is 21.1. The lowest BCUT2D eigenvalue weighted by molar-refractivity contribution is -0.384. The number of nitro benzene ring substituents is 1. The van der Waals surface area contributed by atoms with Crippen LogP contribution in [0.2, 0.25) is 0 Å². The van der Waals surface area contributed by atoms with Gasteiger partial charge in [0.25, 0.3) is 23.4 Å². The molecule has 0 aliphatic carbocycles. The van der Waals surface area contributed by atoms with Crippen LogP contribution in [0.1, 0.15) is 43.9 Å². The van der Waals surface area contributed by atoms with Crippen LogP contribution in [-0.4, -0.2) is 69.0 Å². The van der Waals surface area contributed by atoms with Crippen LogP contribution in [0.3, 0.4) is 0 Å². The maximum Gasteiger partial charge on any atom is 0.270 e. The predicted octanol–water partition coefficient (Wildman–Crippen LogP) is 1.01. The van der Waals surface area contributed by atoms with Crippen molar-refractivity contribution in [3.63, 3.8) is 0 Å². The fraction of sp³-hybridized carbons (Fsp3) is 0.286. The fourth-order valence-electron chi connectivity index (χ4n) is 3.82. The highest BCUT2D eigenvalue weighted by Gasteiger charge is 2.39. The number of likely N-dealkylation sites (tertiary alicyclic amines) is 1. The number of fused-ring (bicyclic) bond motifs is 1. The van der Waals surface area contributed by atoms with Gasteiger partial charge in [-0.1, -0.05) is 0 Å². The highest BCUT2D eigenvalue weighted by molar-refractivity contribution is 6.22. The first-order chi connectivity index (χ1) is 15.3. The minimum Gasteiger partial charge on any atom is -0.349 e. The summed E-state index contributed by atoms with van der Waals surface area (Å²) < 4.78 is 0. The van der Waals surface area contributed by atoms with Gasteiger partial charge >= 0.3 is 0 Å². The highest BCUT2D eigenvalue weighted by atomic mass is 16.6. The number of non-ortho nitro benzene ring substituents is 1. The molecular formula is C21H19N5O6. The first-order valence-corrected chi connectivity index (χ1v) is 9.98. The quantitative estimate of drug-likeness (QED) is 0.418. The molecule has 4 amide bonds. The van der Waals surface area contributed by atoms with E-state index in [4.69, 9.17) is 0 Å². The van der Waals surface area contributed by atoms with E-state index < -0.39 is 29.2 Å². The molecule has 1 saturated heterocycles. The van der Waals surface area contributed by atoms with Crippen LogP contribution in [-0.2, 0) is 4.79 Å². The maximum absolute atomic E-state index is 12.7. The van der Waals surface area contributed by atoms with Crippen molar-refractivity contribution < 1.29 is 24.1 Å². The summed E-state index contributed by atoms with van der Waals surface area (Å²) in [6.07, 6.45) is 4.15. The summed E-state index contributed by atoms with van der Waals surface area (Å²) in [4.78, 5) is 66.6. The van der Waals surface area contributed by atoms with Crippen molar-refractivity contribution in [2.45, 2.75) is 18.9 Å². The van der Waals surface area contributed by atoms with Crippen molar-refractivity contribution in [3.05, 3.63) is 69.5 Å². The number of carbonyl (C=O) groups is 4. The average molecular weight is 437 g/mol. The summed E-state index contributed by atoms with van der Waals surface area (Å²) in [5.41, 5.74) is 0.179. The average Bonchev–Trinajstić information content (AvgIpc) is 3.04. The Kier molecular flexibility index (Phi) is 5.63. The third-order valence-corrected chi connectivity index (χ3v) is 5.58. The molecule has 0 radical (unpaired) electrons. The largest absolute Gasteiger partial charge is 0.349 e. The molecule has 1 N–H and O–H groups in total. The maximum atomic E-state index is 12.7. The number of rotatable bonds is 5. The standard InChI is InChI=1S/C21H19N5O6/c27-18(12-25-20(29)16-2-1-15(26(31)32)11-17(16)21(25)30)24-9-5-14(6-10-24)23-19(28)13-3-7-22-8-4-13/h1-4,7-8,11,14H,5-6,9-10,12H2,(H,23,28). The second kappa shape index (κ2) is 8.53. The summed E-state index contributed by atoms with van der Waals surface area (Å²) in [5, 5.41) is 13.9. The summed E-state index contributed by atoms with van der Waals surface area (Å²) in [6.45, 7) is 0.303. The number of pyridine rings is 1. The van der Waals surface area contributed by atoms with Crippen LogP contribution in [0, 0.1) is 10.1 Å². The van der Waals surface area contributed by atoms with Crippen LogP contribution in [0.25, 0.3) is 0 Å². The van der Waals surface area contributed by atoms with Crippen molar-refractivity contribution in [2.24, 2.45) is 0 Å². The number of nitrogens with one attached hydrogen (secondary N) is 1. The van der Waals surface area contributed by atoms with Gasteiger partial charge in [0, 0.05) is 49.2 Å². The van der Waals surface area contributed by atoms with Gasteiger partial charge in [-0.15, -0.1) is 0 Å². The van der Waals surface area contributed by atoms with Crippen molar-refractivity contribution in [2.75, 3.05) is 19.6 Å². The SMILES string of the molecule is O=C(NC1CCN(C(=O)CN2C(=O)c3ccc([N+](=O)[O-])cc3C2=O)CC1)c1ccncc1. The molecule has 2 aromatic rings. The molecule has 1 aromatic heterocycles. The number of nitro groups is 1. The normalized spacial score (nSPS) is 16.1. The number of hydrogen-bond donors (Lipinski definition) is 1. The van der Waals surface area contributed by atoms with E-state index in [9.17, 15) is 29.3 Å². The first-order valence-electron chi connectivity index (χ1n) is 9.98. The van der Waals surface area contributed by atoms with Gasteiger partial charge in [-0.25, -0.2) is 0 Å². The van der Waals surface area contributed by atoms with Crippen LogP contribution in [0.5, 0.6) is 0 Å². The van der Waals surface area contributed by atoms with Crippen LogP contribution >= 0.6 is 0 Å². The number of hydrogen-bond acceptors (Lipinski definition) is 7. The van der Waals surface area contributed by atoms with Gasteiger partial charge < -0.3 is 10.2 Å². The molecule has 0 spiro atoms. The van der Waals surface area contributed by atoms with E-state index >= 15 is 0 Å². The molecule has 32 heavy (non-hydrogen) atoms. The van der Waals surface area contributed by atoms with Crippen LogP contribution in [0.4, 0.5) is 5.69 Å². The second-order valence-electron chi connectivity index (χ2n) is 7.55. The van der Waals surface area contributed by atoms with Crippen LogP contribution in [0.15, 0.2) is 42.7 Å². The van der Waals surface area contributed by atoms with Gasteiger partial charge in [0.2, 0.25) is 5.91 Å². The molecule has 2 aliphatic rings. The summed E-state index contributed by atoms with van der Waals surface area (Å²) >= 11 is 0. The lowest BCUT2D eigenvalue weighted by Crippen LogP contribution is -2.49. The Hall–Kier alpha value is -4.15. The van der Waals surface area contributed by atoms with E-state index in [0.717, 1.165) is 17.0 Å². The van der Waals surface area contributed by atoms with E-state index in [1.54, 1.807) is 17.0 Å². The Balaban J connectivity index is 1.33. The molecule has 0 saturated carbocycles. The van der Waals surface area contributed by atoms with Crippen molar-refractivity contribution in [1.29, 1.82) is 0 Å². The third-order valence-electron chi connectivity index (χ3n) is 5.58. The van der Waals surface area contributed by atoms with Gasteiger partial charge in [-0.2, -0.15) is 0 Å². The number of carbonyl (C=O) groups excluding carboxylic acids is 4. The number of nitrogens with zero attached hydrogens (tertiary/aromatic N) is 4. The van der Waals surface area contributed by atoms with E-state index in [1.165, 1.54) is 18.5 Å². The molecule has 11 nitrogen and oxygen atoms in total. The van der Waals surface area contributed by atoms with Crippen molar-refractivity contribution in [1.82, 2.24) is 20.1 Å². The smallest absolute Gasteiger partial charge is 0.270 e. The monoisotopic (exact) mass is 437 g/mol. The Bertz CT molecular complexity index is 1110. The molecule has 164 valence electrons. The van der Waals surface area contributed by atoms with Crippen molar-refractivity contribution >= 4 is 29.3 Å². The predicted molar refractivity (Wildman–Crippen MR) is 110 cm³/mol. The molecule has 1 fully saturated rings. The number of piperidine rings is 1. The Morgan fingerprint density at radius 2 is 1.72 bits per heavy atom. The zero-order valence-electron chi connectivity index (χ0n) is 16.9. The Morgan fingerprint density at radius 3 is 2.38 bits per heavy atom. The molecule has 0 unspecified atom stereocenters. The van der Waals surface area contributed by atoms with Gasteiger partial charge in [-0.05, 0) is 31.0 Å². The van der Waals surface area contributed by atoms with E-state index in [1.807, 2.05) is 0 Å². The summed E-state index contributed by atoms with van der Waals surface area (Å²) in [6, 6.07) is 6.57. The topological polar surface area (TPSA) is 143 Å². The molecule has 3 heterocycles. The summed E-state index contributed by atoms with van der Waals surface area (Å²) in [7, 11) is 0. The number of amides is 4. The van der Waals surface area contributed by atoms with E-state index in [0.29, 0.717) is 31.5 Å². The number of benzene rings is 1. The third kappa shape index (κ3) is 4.04. The van der Waals surface area contributed by atoms with Gasteiger partial charge in [-0.3, -0.25) is 39.2 Å². The summed E-state index contributed by atoms with van der Waals surface area (Å²) in [5.74, 6) is -1.97. The second-order valence-corrected chi connectivity index (χ2v) is 7.55. The fourth-order valence-corrected chi connectivity index (χ4v) is 3.82. The van der Waals surface area contributed by atoms with E-state index in [2.05, 4.69) is 10.3 Å². The zero-order valence-corrected chi connectivity index (χ0v) is 16.9. The lowest BCUT2D eigenvalue weighted by Gasteiger charge is -2.33. The molecule has 0 bridgehead atoms.